The molecular weight excluding hydrogens is 286 g/mol. The first-order valence-corrected chi connectivity index (χ1v) is 8.28. The lowest BCUT2D eigenvalue weighted by Gasteiger charge is -2.20. The Labute approximate surface area is 124 Å². The first-order chi connectivity index (χ1) is 10.1. The fraction of sp³-hybridized carbons (Fsp3) is 0.250. The lowest BCUT2D eigenvalue weighted by atomic mass is 10.1. The van der Waals surface area contributed by atoms with Crippen LogP contribution in [0, 0.1) is 0 Å². The number of hydrogen-bond acceptors (Lipinski definition) is 3. The van der Waals surface area contributed by atoms with Crippen molar-refractivity contribution in [1.82, 2.24) is 4.72 Å². The lowest BCUT2D eigenvalue weighted by Crippen LogP contribution is -2.35. The first kappa shape index (κ1) is 14.1. The molecule has 1 saturated carbocycles. The molecule has 0 atom stereocenters. The van der Waals surface area contributed by atoms with Crippen LogP contribution in [0.4, 0.5) is 0 Å². The molecule has 3 rings (SSSR count). The maximum atomic E-state index is 12.5. The van der Waals surface area contributed by atoms with Gasteiger partial charge in [-0.05, 0) is 31.0 Å². The van der Waals surface area contributed by atoms with Crippen LogP contribution in [0.15, 0.2) is 59.5 Å². The Kier molecular flexibility index (Phi) is 3.47. The average Bonchev–Trinajstić information content (AvgIpc) is 3.28. The van der Waals surface area contributed by atoms with Gasteiger partial charge in [-0.2, -0.15) is 0 Å². The number of sulfonamides is 1. The van der Waals surface area contributed by atoms with Crippen molar-refractivity contribution in [3.8, 4) is 5.75 Å². The molecule has 0 radical (unpaired) electrons. The first-order valence-electron chi connectivity index (χ1n) is 6.80. The summed E-state index contributed by atoms with van der Waals surface area (Å²) in [6.07, 6.45) is 1.55. The number of nitrogens with one attached hydrogen (secondary N) is 1. The Bertz CT molecular complexity index is 737. The van der Waals surface area contributed by atoms with E-state index in [-0.39, 0.29) is 4.90 Å². The van der Waals surface area contributed by atoms with Crippen LogP contribution >= 0.6 is 0 Å². The van der Waals surface area contributed by atoms with Crippen LogP contribution in [0.5, 0.6) is 5.75 Å². The molecule has 1 fully saturated rings. The standard InChI is InChI=1S/C16H17NO3S/c1-20-15-10-6-5-9-14(15)16(11-12-16)17-21(18,19)13-7-3-2-4-8-13/h2-10,17H,11-12H2,1H3. The molecule has 0 saturated heterocycles. The summed E-state index contributed by atoms with van der Waals surface area (Å²) < 4.78 is 33.2. The highest BCUT2D eigenvalue weighted by Crippen LogP contribution is 2.49. The molecule has 0 aromatic heterocycles. The maximum Gasteiger partial charge on any atom is 0.241 e. The van der Waals surface area contributed by atoms with Crippen molar-refractivity contribution < 1.29 is 13.2 Å². The molecule has 0 aliphatic heterocycles. The highest BCUT2D eigenvalue weighted by atomic mass is 32.2. The van der Waals surface area contributed by atoms with Gasteiger partial charge in [-0.15, -0.1) is 0 Å². The van der Waals surface area contributed by atoms with Crippen LogP contribution in [0.3, 0.4) is 0 Å². The topological polar surface area (TPSA) is 55.4 Å². The smallest absolute Gasteiger partial charge is 0.241 e. The molecule has 0 unspecified atom stereocenters. The molecule has 1 N–H and O–H groups in total. The Morgan fingerprint density at radius 3 is 2.24 bits per heavy atom. The fourth-order valence-corrected chi connectivity index (χ4v) is 3.97. The zero-order chi connectivity index (χ0) is 14.9. The van der Waals surface area contributed by atoms with E-state index in [0.717, 1.165) is 18.4 Å². The van der Waals surface area contributed by atoms with Crippen molar-refractivity contribution >= 4 is 10.0 Å². The van der Waals surface area contributed by atoms with Crippen molar-refractivity contribution in [2.45, 2.75) is 23.3 Å². The number of para-hydroxylation sites is 1. The zero-order valence-electron chi connectivity index (χ0n) is 11.7. The van der Waals surface area contributed by atoms with Crippen LogP contribution in [0.2, 0.25) is 0 Å². The number of benzene rings is 2. The van der Waals surface area contributed by atoms with Crippen molar-refractivity contribution in [2.75, 3.05) is 7.11 Å². The van der Waals surface area contributed by atoms with Crippen LogP contribution in [0.1, 0.15) is 18.4 Å². The zero-order valence-corrected chi connectivity index (χ0v) is 12.6. The third kappa shape index (κ3) is 2.66. The molecule has 21 heavy (non-hydrogen) atoms. The van der Waals surface area contributed by atoms with Crippen molar-refractivity contribution in [2.24, 2.45) is 0 Å². The molecular formula is C16H17NO3S. The van der Waals surface area contributed by atoms with Crippen molar-refractivity contribution in [3.05, 3.63) is 60.2 Å². The van der Waals surface area contributed by atoms with Gasteiger partial charge in [0.1, 0.15) is 5.75 Å². The number of rotatable bonds is 5. The van der Waals surface area contributed by atoms with E-state index >= 15 is 0 Å². The Balaban J connectivity index is 1.94. The molecule has 0 heterocycles. The summed E-state index contributed by atoms with van der Waals surface area (Å²) >= 11 is 0. The molecule has 0 amide bonds. The SMILES string of the molecule is COc1ccccc1C1(NS(=O)(=O)c2ccccc2)CC1. The second-order valence-electron chi connectivity index (χ2n) is 5.20. The van der Waals surface area contributed by atoms with Gasteiger partial charge in [0.2, 0.25) is 10.0 Å². The Hall–Kier alpha value is -1.85. The molecule has 1 aliphatic carbocycles. The average molecular weight is 303 g/mol. The predicted molar refractivity (Wildman–Crippen MR) is 80.7 cm³/mol. The Morgan fingerprint density at radius 1 is 1.00 bits per heavy atom. The number of ether oxygens (including phenoxy) is 1. The Morgan fingerprint density at radius 2 is 1.62 bits per heavy atom. The molecule has 4 nitrogen and oxygen atoms in total. The van der Waals surface area contributed by atoms with E-state index in [2.05, 4.69) is 4.72 Å². The molecule has 2 aromatic carbocycles. The highest BCUT2D eigenvalue weighted by Gasteiger charge is 2.49. The van der Waals surface area contributed by atoms with E-state index in [1.807, 2.05) is 24.3 Å². The highest BCUT2D eigenvalue weighted by molar-refractivity contribution is 7.89. The second-order valence-corrected chi connectivity index (χ2v) is 6.88. The van der Waals surface area contributed by atoms with Crippen molar-refractivity contribution in [1.29, 1.82) is 0 Å². The van der Waals surface area contributed by atoms with E-state index in [9.17, 15) is 8.42 Å². The van der Waals surface area contributed by atoms with Gasteiger partial charge < -0.3 is 4.74 Å². The third-order valence-electron chi connectivity index (χ3n) is 3.76. The summed E-state index contributed by atoms with van der Waals surface area (Å²) in [5, 5.41) is 0. The summed E-state index contributed by atoms with van der Waals surface area (Å²) in [7, 11) is -1.94. The maximum absolute atomic E-state index is 12.5. The van der Waals surface area contributed by atoms with E-state index < -0.39 is 15.6 Å². The van der Waals surface area contributed by atoms with Gasteiger partial charge in [-0.25, -0.2) is 13.1 Å². The summed E-state index contributed by atoms with van der Waals surface area (Å²) in [6.45, 7) is 0. The van der Waals surface area contributed by atoms with E-state index in [1.165, 1.54) is 0 Å². The number of methoxy groups -OCH3 is 1. The lowest BCUT2D eigenvalue weighted by molar-refractivity contribution is 0.401. The van der Waals surface area contributed by atoms with Gasteiger partial charge in [-0.1, -0.05) is 36.4 Å². The van der Waals surface area contributed by atoms with E-state index in [1.54, 1.807) is 37.4 Å². The van der Waals surface area contributed by atoms with Gasteiger partial charge in [0, 0.05) is 5.56 Å². The summed E-state index contributed by atoms with van der Waals surface area (Å²) in [6, 6.07) is 16.0. The second kappa shape index (κ2) is 5.16. The quantitative estimate of drug-likeness (QED) is 0.924. The van der Waals surface area contributed by atoms with Gasteiger partial charge in [0.25, 0.3) is 0 Å². The largest absolute Gasteiger partial charge is 0.496 e. The van der Waals surface area contributed by atoms with Crippen LogP contribution in [-0.2, 0) is 15.6 Å². The molecule has 0 bridgehead atoms. The van der Waals surface area contributed by atoms with Crippen LogP contribution < -0.4 is 9.46 Å². The van der Waals surface area contributed by atoms with Crippen LogP contribution in [0.25, 0.3) is 0 Å². The summed E-state index contributed by atoms with van der Waals surface area (Å²) in [5.74, 6) is 0.714. The molecule has 0 spiro atoms. The molecule has 5 heteroatoms. The minimum absolute atomic E-state index is 0.283. The fourth-order valence-electron chi connectivity index (χ4n) is 2.51. The summed E-state index contributed by atoms with van der Waals surface area (Å²) in [4.78, 5) is 0.283. The monoisotopic (exact) mass is 303 g/mol. The van der Waals surface area contributed by atoms with Crippen molar-refractivity contribution in [3.63, 3.8) is 0 Å². The van der Waals surface area contributed by atoms with Gasteiger partial charge >= 0.3 is 0 Å². The minimum atomic E-state index is -3.53. The number of hydrogen-bond donors (Lipinski definition) is 1. The van der Waals surface area contributed by atoms with Gasteiger partial charge in [0.15, 0.2) is 0 Å². The van der Waals surface area contributed by atoms with Gasteiger partial charge in [-0.3, -0.25) is 0 Å². The van der Waals surface area contributed by atoms with E-state index in [4.69, 9.17) is 4.74 Å². The van der Waals surface area contributed by atoms with Gasteiger partial charge in [0.05, 0.1) is 17.5 Å². The third-order valence-corrected chi connectivity index (χ3v) is 5.31. The summed E-state index contributed by atoms with van der Waals surface area (Å²) in [5.41, 5.74) is 0.355. The van der Waals surface area contributed by atoms with E-state index in [0.29, 0.717) is 5.75 Å². The predicted octanol–water partition coefficient (Wildman–Crippen LogP) is 2.66. The normalized spacial score (nSPS) is 16.4. The molecule has 2 aromatic rings. The van der Waals surface area contributed by atoms with Crippen LogP contribution in [-0.4, -0.2) is 15.5 Å². The molecule has 1 aliphatic rings. The minimum Gasteiger partial charge on any atom is -0.496 e. The molecule has 110 valence electrons.